The summed E-state index contributed by atoms with van der Waals surface area (Å²) in [6.07, 6.45) is 3.09. The van der Waals surface area contributed by atoms with Gasteiger partial charge in [-0.1, -0.05) is 6.42 Å². The molecule has 0 saturated carbocycles. The first-order chi connectivity index (χ1) is 6.12. The van der Waals surface area contributed by atoms with E-state index in [1.54, 1.807) is 0 Å². The zero-order valence-electron chi connectivity index (χ0n) is 8.89. The highest BCUT2D eigenvalue weighted by molar-refractivity contribution is 4.91. The molecule has 3 heteroatoms. The first kappa shape index (κ1) is 12.4. The van der Waals surface area contributed by atoms with Crippen molar-refractivity contribution in [3.05, 3.63) is 0 Å². The third kappa shape index (κ3) is 7.76. The SMILES string of the molecule is CCONCCCCC(C)(C)C#N. The van der Waals surface area contributed by atoms with E-state index < -0.39 is 0 Å². The van der Waals surface area contributed by atoms with Gasteiger partial charge < -0.3 is 4.84 Å². The lowest BCUT2D eigenvalue weighted by Gasteiger charge is -2.14. The molecule has 0 aromatic carbocycles. The minimum atomic E-state index is -0.175. The van der Waals surface area contributed by atoms with E-state index in [0.717, 1.165) is 25.8 Å². The molecule has 0 amide bonds. The monoisotopic (exact) mass is 184 g/mol. The average molecular weight is 184 g/mol. The Morgan fingerprint density at radius 1 is 1.38 bits per heavy atom. The Morgan fingerprint density at radius 3 is 2.62 bits per heavy atom. The van der Waals surface area contributed by atoms with Gasteiger partial charge in [-0.2, -0.15) is 5.26 Å². The van der Waals surface area contributed by atoms with E-state index in [0.29, 0.717) is 6.61 Å². The highest BCUT2D eigenvalue weighted by atomic mass is 16.6. The second-order valence-corrected chi connectivity index (χ2v) is 3.78. The van der Waals surface area contributed by atoms with Crippen LogP contribution in [0.3, 0.4) is 0 Å². The molecule has 0 rings (SSSR count). The Hall–Kier alpha value is -0.590. The quantitative estimate of drug-likeness (QED) is 0.487. The van der Waals surface area contributed by atoms with Crippen molar-refractivity contribution in [2.75, 3.05) is 13.2 Å². The Morgan fingerprint density at radius 2 is 2.08 bits per heavy atom. The Labute approximate surface area is 81.0 Å². The zero-order valence-corrected chi connectivity index (χ0v) is 8.89. The van der Waals surface area contributed by atoms with Crippen LogP contribution < -0.4 is 5.48 Å². The van der Waals surface area contributed by atoms with Crippen molar-refractivity contribution in [2.45, 2.75) is 40.0 Å². The van der Waals surface area contributed by atoms with Crippen LogP contribution in [0.2, 0.25) is 0 Å². The van der Waals surface area contributed by atoms with Crippen LogP contribution >= 0.6 is 0 Å². The number of hydrogen-bond donors (Lipinski definition) is 1. The fourth-order valence-corrected chi connectivity index (χ4v) is 0.994. The minimum Gasteiger partial charge on any atom is -0.302 e. The molecule has 0 aromatic rings. The minimum absolute atomic E-state index is 0.175. The van der Waals surface area contributed by atoms with Gasteiger partial charge in [0.25, 0.3) is 0 Å². The van der Waals surface area contributed by atoms with Crippen LogP contribution in [0.4, 0.5) is 0 Å². The van der Waals surface area contributed by atoms with E-state index in [1.165, 1.54) is 0 Å². The first-order valence-corrected chi connectivity index (χ1v) is 4.88. The van der Waals surface area contributed by atoms with E-state index in [1.807, 2.05) is 20.8 Å². The summed E-state index contributed by atoms with van der Waals surface area (Å²) in [6, 6.07) is 2.29. The third-order valence-corrected chi connectivity index (χ3v) is 1.88. The largest absolute Gasteiger partial charge is 0.302 e. The molecule has 1 N–H and O–H groups in total. The molecule has 0 atom stereocenters. The molecule has 13 heavy (non-hydrogen) atoms. The summed E-state index contributed by atoms with van der Waals surface area (Å²) in [5, 5.41) is 8.74. The fourth-order valence-electron chi connectivity index (χ4n) is 0.994. The molecule has 0 fully saturated rings. The zero-order chi connectivity index (χ0) is 10.2. The van der Waals surface area contributed by atoms with Crippen molar-refractivity contribution >= 4 is 0 Å². The maximum atomic E-state index is 8.74. The fraction of sp³-hybridized carbons (Fsp3) is 0.900. The van der Waals surface area contributed by atoms with E-state index in [4.69, 9.17) is 10.1 Å². The predicted molar refractivity (Wildman–Crippen MR) is 52.9 cm³/mol. The molecule has 3 nitrogen and oxygen atoms in total. The maximum absolute atomic E-state index is 8.74. The van der Waals surface area contributed by atoms with E-state index >= 15 is 0 Å². The maximum Gasteiger partial charge on any atom is 0.0683 e. The van der Waals surface area contributed by atoms with Gasteiger partial charge in [-0.15, -0.1) is 0 Å². The molecular formula is C10H20N2O. The van der Waals surface area contributed by atoms with Crippen molar-refractivity contribution in [2.24, 2.45) is 5.41 Å². The van der Waals surface area contributed by atoms with Crippen molar-refractivity contribution in [3.8, 4) is 6.07 Å². The summed E-state index contributed by atoms with van der Waals surface area (Å²) < 4.78 is 0. The van der Waals surface area contributed by atoms with Gasteiger partial charge in [0.1, 0.15) is 0 Å². The molecule has 0 spiro atoms. The van der Waals surface area contributed by atoms with Crippen LogP contribution in [-0.2, 0) is 4.84 Å². The molecule has 0 saturated heterocycles. The van der Waals surface area contributed by atoms with Crippen LogP contribution in [0.5, 0.6) is 0 Å². The van der Waals surface area contributed by atoms with Gasteiger partial charge in [-0.25, -0.2) is 5.48 Å². The van der Waals surface area contributed by atoms with Crippen LogP contribution in [0.15, 0.2) is 0 Å². The smallest absolute Gasteiger partial charge is 0.0683 e. The highest BCUT2D eigenvalue weighted by Gasteiger charge is 2.14. The Balaban J connectivity index is 3.22. The Kier molecular flexibility index (Phi) is 6.56. The summed E-state index contributed by atoms with van der Waals surface area (Å²) in [5.74, 6) is 0. The normalized spacial score (nSPS) is 11.2. The van der Waals surface area contributed by atoms with Gasteiger partial charge >= 0.3 is 0 Å². The number of nitrogens with zero attached hydrogens (tertiary/aromatic N) is 1. The van der Waals surface area contributed by atoms with Gasteiger partial charge in [-0.05, 0) is 33.6 Å². The van der Waals surface area contributed by atoms with Crippen LogP contribution in [-0.4, -0.2) is 13.2 Å². The molecule has 76 valence electrons. The van der Waals surface area contributed by atoms with E-state index in [9.17, 15) is 0 Å². The van der Waals surface area contributed by atoms with E-state index in [-0.39, 0.29) is 5.41 Å². The third-order valence-electron chi connectivity index (χ3n) is 1.88. The summed E-state index contributed by atoms with van der Waals surface area (Å²) in [6.45, 7) is 7.47. The standard InChI is InChI=1S/C10H20N2O/c1-4-13-12-8-6-5-7-10(2,3)9-11/h12H,4-8H2,1-3H3. The molecule has 0 unspecified atom stereocenters. The van der Waals surface area contributed by atoms with Crippen molar-refractivity contribution in [3.63, 3.8) is 0 Å². The molecular weight excluding hydrogens is 164 g/mol. The number of nitrogens with one attached hydrogen (secondary N) is 1. The molecule has 0 aliphatic rings. The number of hydrogen-bond acceptors (Lipinski definition) is 3. The molecule has 0 aromatic heterocycles. The Bertz CT molecular complexity index is 161. The predicted octanol–water partition coefficient (Wildman–Crippen LogP) is 2.25. The number of rotatable bonds is 7. The van der Waals surface area contributed by atoms with Gasteiger partial charge in [-0.3, -0.25) is 0 Å². The summed E-state index contributed by atoms with van der Waals surface area (Å²) in [7, 11) is 0. The molecule has 0 radical (unpaired) electrons. The van der Waals surface area contributed by atoms with Crippen LogP contribution in [0, 0.1) is 16.7 Å². The second-order valence-electron chi connectivity index (χ2n) is 3.78. The van der Waals surface area contributed by atoms with Crippen LogP contribution in [0.25, 0.3) is 0 Å². The van der Waals surface area contributed by atoms with Gasteiger partial charge in [0.05, 0.1) is 18.1 Å². The molecule has 0 aliphatic heterocycles. The average Bonchev–Trinajstić information content (AvgIpc) is 2.11. The number of nitriles is 1. The first-order valence-electron chi connectivity index (χ1n) is 4.88. The summed E-state index contributed by atoms with van der Waals surface area (Å²) >= 11 is 0. The van der Waals surface area contributed by atoms with Crippen molar-refractivity contribution in [1.29, 1.82) is 5.26 Å². The summed E-state index contributed by atoms with van der Waals surface area (Å²) in [4.78, 5) is 4.98. The lowest BCUT2D eigenvalue weighted by Crippen LogP contribution is -2.16. The van der Waals surface area contributed by atoms with Crippen molar-refractivity contribution < 1.29 is 4.84 Å². The van der Waals surface area contributed by atoms with Gasteiger partial charge in [0.2, 0.25) is 0 Å². The number of hydroxylamine groups is 1. The molecule has 0 heterocycles. The van der Waals surface area contributed by atoms with Crippen molar-refractivity contribution in [1.82, 2.24) is 5.48 Å². The lowest BCUT2D eigenvalue weighted by molar-refractivity contribution is 0.0498. The lowest BCUT2D eigenvalue weighted by atomic mass is 9.89. The molecule has 0 aliphatic carbocycles. The summed E-state index contributed by atoms with van der Waals surface area (Å²) in [5.41, 5.74) is 2.68. The van der Waals surface area contributed by atoms with Gasteiger partial charge in [0.15, 0.2) is 0 Å². The van der Waals surface area contributed by atoms with Gasteiger partial charge in [0, 0.05) is 6.54 Å². The molecule has 0 bridgehead atoms. The second kappa shape index (κ2) is 6.88. The topological polar surface area (TPSA) is 45.0 Å². The van der Waals surface area contributed by atoms with E-state index in [2.05, 4.69) is 11.5 Å². The number of unbranched alkanes of at least 4 members (excludes halogenated alkanes) is 1. The highest BCUT2D eigenvalue weighted by Crippen LogP contribution is 2.21. The van der Waals surface area contributed by atoms with Crippen LogP contribution in [0.1, 0.15) is 40.0 Å².